The summed E-state index contributed by atoms with van der Waals surface area (Å²) in [6.07, 6.45) is 6.46. The Kier molecular flexibility index (Phi) is 10.4. The number of methoxy groups -OCH3 is 1. The smallest absolute Gasteiger partial charge is 0.252 e. The van der Waals surface area contributed by atoms with Crippen LogP contribution in [0.15, 0.2) is 78.9 Å². The lowest BCUT2D eigenvalue weighted by molar-refractivity contribution is -0.123. The first-order valence-corrected chi connectivity index (χ1v) is 15.5. The van der Waals surface area contributed by atoms with Crippen molar-refractivity contribution in [2.24, 2.45) is 0 Å². The highest BCUT2D eigenvalue weighted by molar-refractivity contribution is 6.08. The fraction of sp³-hybridized carbons (Fsp3) is 0.361. The molecule has 1 saturated heterocycles. The number of carbonyl (C=O) groups excluding carboxylic acids is 2. The van der Waals surface area contributed by atoms with E-state index in [1.54, 1.807) is 7.11 Å². The number of fused-ring (bicyclic) bond motifs is 1. The number of benzene rings is 3. The van der Waals surface area contributed by atoms with E-state index in [0.717, 1.165) is 78.7 Å². The van der Waals surface area contributed by atoms with Gasteiger partial charge in [0.2, 0.25) is 5.91 Å². The van der Waals surface area contributed by atoms with Gasteiger partial charge in [0, 0.05) is 17.5 Å². The standard InChI is InChI=1S/C36H42N4O3/c1-3-4-11-26-14-19-32-30(24-26)31(25-33(38-32)27-15-17-29(43-2)18-16-27)35(41)39-34(28-12-6-5-7-13-28)36(42)37-20-10-23-40-21-8-9-22-40/h5-7,12-19,24-25,34H,3-4,8-11,20-23H2,1-2H3,(H,37,42)(H,39,41). The van der Waals surface area contributed by atoms with Gasteiger partial charge in [-0.2, -0.15) is 0 Å². The Hall–Kier alpha value is -4.23. The van der Waals surface area contributed by atoms with Gasteiger partial charge in [-0.25, -0.2) is 4.98 Å². The molecule has 4 aromatic rings. The van der Waals surface area contributed by atoms with Crippen molar-refractivity contribution in [3.05, 3.63) is 95.6 Å². The molecule has 224 valence electrons. The number of rotatable bonds is 13. The quantitative estimate of drug-likeness (QED) is 0.181. The predicted molar refractivity (Wildman–Crippen MR) is 172 cm³/mol. The Morgan fingerprint density at radius 2 is 1.72 bits per heavy atom. The number of ether oxygens (including phenoxy) is 1. The van der Waals surface area contributed by atoms with Crippen LogP contribution < -0.4 is 15.4 Å². The number of aryl methyl sites for hydroxylation is 1. The van der Waals surface area contributed by atoms with Crippen molar-refractivity contribution >= 4 is 22.7 Å². The van der Waals surface area contributed by atoms with E-state index in [1.165, 1.54) is 12.8 Å². The van der Waals surface area contributed by atoms with Crippen LogP contribution in [0.5, 0.6) is 5.75 Å². The second-order valence-corrected chi connectivity index (χ2v) is 11.2. The van der Waals surface area contributed by atoms with Gasteiger partial charge in [-0.05, 0) is 105 Å². The number of carbonyl (C=O) groups is 2. The predicted octanol–water partition coefficient (Wildman–Crippen LogP) is 6.33. The molecule has 0 bridgehead atoms. The molecule has 1 aromatic heterocycles. The zero-order chi connectivity index (χ0) is 30.0. The molecule has 5 rings (SSSR count). The molecule has 7 heteroatoms. The van der Waals surface area contributed by atoms with E-state index in [4.69, 9.17) is 9.72 Å². The van der Waals surface area contributed by atoms with Crippen LogP contribution in [0.2, 0.25) is 0 Å². The first-order valence-electron chi connectivity index (χ1n) is 15.5. The average molecular weight is 579 g/mol. The second-order valence-electron chi connectivity index (χ2n) is 11.2. The summed E-state index contributed by atoms with van der Waals surface area (Å²) in [5.41, 5.74) is 4.70. The van der Waals surface area contributed by atoms with Gasteiger partial charge < -0.3 is 20.3 Å². The lowest BCUT2D eigenvalue weighted by Crippen LogP contribution is -2.41. The van der Waals surface area contributed by atoms with Gasteiger partial charge in [-0.3, -0.25) is 9.59 Å². The molecule has 3 aromatic carbocycles. The lowest BCUT2D eigenvalue weighted by Gasteiger charge is -2.21. The number of pyridine rings is 1. The summed E-state index contributed by atoms with van der Waals surface area (Å²) in [5.74, 6) is 0.231. The van der Waals surface area contributed by atoms with Gasteiger partial charge >= 0.3 is 0 Å². The lowest BCUT2D eigenvalue weighted by atomic mass is 9.99. The third kappa shape index (κ3) is 7.79. The molecule has 2 N–H and O–H groups in total. The van der Waals surface area contributed by atoms with E-state index < -0.39 is 6.04 Å². The van der Waals surface area contributed by atoms with E-state index in [-0.39, 0.29) is 11.8 Å². The Labute approximate surface area is 254 Å². The molecule has 1 atom stereocenters. The molecule has 2 amide bonds. The maximum absolute atomic E-state index is 14.1. The van der Waals surface area contributed by atoms with E-state index in [2.05, 4.69) is 34.6 Å². The Bertz CT molecular complexity index is 1520. The van der Waals surface area contributed by atoms with E-state index >= 15 is 0 Å². The highest BCUT2D eigenvalue weighted by Gasteiger charge is 2.25. The van der Waals surface area contributed by atoms with Crippen molar-refractivity contribution in [3.63, 3.8) is 0 Å². The largest absolute Gasteiger partial charge is 0.497 e. The van der Waals surface area contributed by atoms with Crippen LogP contribution in [-0.2, 0) is 11.2 Å². The average Bonchev–Trinajstić information content (AvgIpc) is 3.58. The van der Waals surface area contributed by atoms with Crippen LogP contribution in [0, 0.1) is 0 Å². The van der Waals surface area contributed by atoms with Crippen LogP contribution in [0.3, 0.4) is 0 Å². The van der Waals surface area contributed by atoms with E-state index in [1.807, 2.05) is 66.7 Å². The number of amides is 2. The topological polar surface area (TPSA) is 83.6 Å². The van der Waals surface area contributed by atoms with Crippen LogP contribution in [0.25, 0.3) is 22.2 Å². The summed E-state index contributed by atoms with van der Waals surface area (Å²) in [6, 6.07) is 24.2. The number of likely N-dealkylation sites (tertiary alicyclic amines) is 1. The van der Waals surface area contributed by atoms with Gasteiger partial charge in [0.1, 0.15) is 11.8 Å². The maximum atomic E-state index is 14.1. The van der Waals surface area contributed by atoms with Crippen molar-refractivity contribution in [3.8, 4) is 17.0 Å². The number of hydrogen-bond donors (Lipinski definition) is 2. The minimum Gasteiger partial charge on any atom is -0.497 e. The van der Waals surface area contributed by atoms with E-state index in [9.17, 15) is 9.59 Å². The monoisotopic (exact) mass is 578 g/mol. The molecule has 0 radical (unpaired) electrons. The molecule has 43 heavy (non-hydrogen) atoms. The third-order valence-corrected chi connectivity index (χ3v) is 8.14. The molecule has 1 aliphatic heterocycles. The number of aromatic nitrogens is 1. The zero-order valence-electron chi connectivity index (χ0n) is 25.3. The molecule has 7 nitrogen and oxygen atoms in total. The Morgan fingerprint density at radius 1 is 0.953 bits per heavy atom. The fourth-order valence-corrected chi connectivity index (χ4v) is 5.68. The van der Waals surface area contributed by atoms with Crippen LogP contribution in [-0.4, -0.2) is 55.0 Å². The minimum atomic E-state index is -0.823. The molecule has 1 unspecified atom stereocenters. The van der Waals surface area contributed by atoms with Gasteiger partial charge in [0.05, 0.1) is 23.9 Å². The van der Waals surface area contributed by atoms with Gasteiger partial charge in [0.15, 0.2) is 0 Å². The molecule has 0 aliphatic carbocycles. The van der Waals surface area contributed by atoms with Gasteiger partial charge in [0.25, 0.3) is 5.91 Å². The number of hydrogen-bond acceptors (Lipinski definition) is 5. The highest BCUT2D eigenvalue weighted by atomic mass is 16.5. The normalized spacial score (nSPS) is 14.0. The highest BCUT2D eigenvalue weighted by Crippen LogP contribution is 2.28. The first-order chi connectivity index (χ1) is 21.1. The molecule has 1 aliphatic rings. The number of nitrogens with one attached hydrogen (secondary N) is 2. The SMILES string of the molecule is CCCCc1ccc2nc(-c3ccc(OC)cc3)cc(C(=O)NC(C(=O)NCCCN3CCCC3)c3ccccc3)c2c1. The van der Waals surface area contributed by atoms with Crippen LogP contribution in [0.1, 0.15) is 66.6 Å². The first kappa shape index (κ1) is 30.2. The maximum Gasteiger partial charge on any atom is 0.252 e. The summed E-state index contributed by atoms with van der Waals surface area (Å²) in [7, 11) is 1.63. The summed E-state index contributed by atoms with van der Waals surface area (Å²) in [6.45, 7) is 5.98. The number of nitrogens with zero attached hydrogens (tertiary/aromatic N) is 2. The van der Waals surface area contributed by atoms with E-state index in [0.29, 0.717) is 17.8 Å². The number of unbranched alkanes of at least 4 members (excludes halogenated alkanes) is 1. The van der Waals surface area contributed by atoms with Gasteiger partial charge in [-0.15, -0.1) is 0 Å². The third-order valence-electron chi connectivity index (χ3n) is 8.14. The molecule has 2 heterocycles. The van der Waals surface area contributed by atoms with Crippen molar-refractivity contribution in [1.29, 1.82) is 0 Å². The van der Waals surface area contributed by atoms with Crippen molar-refractivity contribution in [2.45, 2.75) is 51.5 Å². The summed E-state index contributed by atoms with van der Waals surface area (Å²) in [4.78, 5) is 35.0. The molecule has 0 spiro atoms. The second kappa shape index (κ2) is 14.8. The Balaban J connectivity index is 1.44. The van der Waals surface area contributed by atoms with Crippen molar-refractivity contribution < 1.29 is 14.3 Å². The zero-order valence-corrected chi connectivity index (χ0v) is 25.3. The van der Waals surface area contributed by atoms with Gasteiger partial charge in [-0.1, -0.05) is 49.7 Å². The molecular formula is C36H42N4O3. The Morgan fingerprint density at radius 3 is 2.44 bits per heavy atom. The van der Waals surface area contributed by atoms with Crippen LogP contribution in [0.4, 0.5) is 0 Å². The summed E-state index contributed by atoms with van der Waals surface area (Å²) < 4.78 is 5.33. The molecule has 0 saturated carbocycles. The molecule has 1 fully saturated rings. The van der Waals surface area contributed by atoms with Crippen molar-refractivity contribution in [2.75, 3.05) is 33.3 Å². The minimum absolute atomic E-state index is 0.210. The summed E-state index contributed by atoms with van der Waals surface area (Å²) >= 11 is 0. The summed E-state index contributed by atoms with van der Waals surface area (Å²) in [5, 5.41) is 6.93. The van der Waals surface area contributed by atoms with Crippen molar-refractivity contribution in [1.82, 2.24) is 20.5 Å². The van der Waals surface area contributed by atoms with Crippen LogP contribution >= 0.6 is 0 Å². The molecular weight excluding hydrogens is 536 g/mol. The fourth-order valence-electron chi connectivity index (χ4n) is 5.68.